The highest BCUT2D eigenvalue weighted by Crippen LogP contribution is 2.36. The third kappa shape index (κ3) is 8.07. The Labute approximate surface area is 185 Å². The first kappa shape index (κ1) is 31.5. The van der Waals surface area contributed by atoms with Gasteiger partial charge in [0.2, 0.25) is 0 Å². The molecule has 1 aliphatic rings. The lowest BCUT2D eigenvalue weighted by Gasteiger charge is -2.40. The van der Waals surface area contributed by atoms with Gasteiger partial charge in [-0.2, -0.15) is 26.3 Å². The molecule has 0 spiro atoms. The molecule has 0 bridgehead atoms. The average molecular weight is 543 g/mol. The van der Waals surface area contributed by atoms with E-state index in [2.05, 4.69) is 13.8 Å². The van der Waals surface area contributed by atoms with Crippen molar-refractivity contribution in [2.24, 2.45) is 0 Å². The molecule has 0 amide bonds. The normalized spacial score (nSPS) is 17.9. The Hall–Kier alpha value is -0.503. The average Bonchev–Trinajstić information content (AvgIpc) is 3.12. The highest BCUT2D eigenvalue weighted by molar-refractivity contribution is 8.13. The van der Waals surface area contributed by atoms with E-state index in [-0.39, 0.29) is 0 Å². The summed E-state index contributed by atoms with van der Waals surface area (Å²) >= 11 is 0. The number of rotatable bonds is 9. The molecular weight excluding hydrogens is 514 g/mol. The van der Waals surface area contributed by atoms with E-state index in [1.54, 1.807) is 21.3 Å². The quantitative estimate of drug-likeness (QED) is 0.250. The van der Waals surface area contributed by atoms with Crippen molar-refractivity contribution >= 4 is 28.9 Å². The summed E-state index contributed by atoms with van der Waals surface area (Å²) in [5.41, 5.74) is -12.4. The lowest BCUT2D eigenvalue weighted by Crippen LogP contribution is -2.55. The van der Waals surface area contributed by atoms with E-state index in [9.17, 15) is 43.2 Å². The zero-order valence-corrected chi connectivity index (χ0v) is 20.8. The minimum absolute atomic E-state index is 0.676. The van der Waals surface area contributed by atoms with Crippen molar-refractivity contribution in [2.45, 2.75) is 49.8 Å². The number of nitrogens with zero attached hydrogens (tertiary/aromatic N) is 2. The Kier molecular flexibility index (Phi) is 11.1. The van der Waals surface area contributed by atoms with Gasteiger partial charge in [0.15, 0.2) is 20.0 Å². The minimum Gasteiger partial charge on any atom is -0.421 e. The molecule has 1 aliphatic heterocycles. The van der Waals surface area contributed by atoms with Crippen molar-refractivity contribution in [1.29, 1.82) is 0 Å². The molecule has 0 saturated carbocycles. The molecule has 1 saturated heterocycles. The molecule has 0 aromatic rings. The maximum atomic E-state index is 11.4. The monoisotopic (exact) mass is 542 g/mol. The van der Waals surface area contributed by atoms with Crippen LogP contribution in [-0.4, -0.2) is 88.1 Å². The van der Waals surface area contributed by atoms with Crippen LogP contribution in [0, 0.1) is 0 Å². The summed E-state index contributed by atoms with van der Waals surface area (Å²) in [6.07, 6.45) is 2.69. The lowest BCUT2D eigenvalue weighted by atomic mass is 10.2. The molecule has 1 rings (SSSR count). The third-order valence-electron chi connectivity index (χ3n) is 5.13. The third-order valence-corrected chi connectivity index (χ3v) is 10.6. The SMILES string of the molecule is CO[Si](CC[N+]1(C(C)C)CCCC1)(OC)OC.O=S(=O)([N-]S(=O)(=O)C(F)(F)F)C(F)(F)F. The summed E-state index contributed by atoms with van der Waals surface area (Å²) in [5.74, 6) is 0. The highest BCUT2D eigenvalue weighted by atomic mass is 32.3. The summed E-state index contributed by atoms with van der Waals surface area (Å²) in [6.45, 7) is 8.33. The predicted octanol–water partition coefficient (Wildman–Crippen LogP) is 2.94. The van der Waals surface area contributed by atoms with E-state index in [4.69, 9.17) is 13.3 Å². The first-order valence-electron chi connectivity index (χ1n) is 9.13. The van der Waals surface area contributed by atoms with Crippen LogP contribution >= 0.6 is 0 Å². The van der Waals surface area contributed by atoms with Gasteiger partial charge in [0.25, 0.3) is 0 Å². The lowest BCUT2D eigenvalue weighted by molar-refractivity contribution is -0.935. The van der Waals surface area contributed by atoms with Gasteiger partial charge in [-0.25, -0.2) is 16.8 Å². The summed E-state index contributed by atoms with van der Waals surface area (Å²) in [5, 5.41) is 0. The maximum absolute atomic E-state index is 11.4. The van der Waals surface area contributed by atoms with E-state index < -0.39 is 39.9 Å². The fraction of sp³-hybridized carbons (Fsp3) is 1.00. The van der Waals surface area contributed by atoms with Crippen LogP contribution in [0.4, 0.5) is 26.3 Å². The van der Waals surface area contributed by atoms with E-state index >= 15 is 0 Å². The van der Waals surface area contributed by atoms with Crippen LogP contribution in [0.15, 0.2) is 0 Å². The Morgan fingerprint density at radius 1 is 0.844 bits per heavy atom. The second-order valence-corrected chi connectivity index (χ2v) is 13.7. The van der Waals surface area contributed by atoms with Gasteiger partial charge in [-0.05, 0) is 13.8 Å². The number of sulfonamides is 2. The van der Waals surface area contributed by atoms with Crippen LogP contribution in [0.1, 0.15) is 26.7 Å². The Morgan fingerprint density at radius 2 is 1.19 bits per heavy atom. The molecule has 0 atom stereocenters. The number of alkyl halides is 6. The standard InChI is InChI=1S/C12H28NO3Si.C2F6NO4S2/c1-12(2)13(8-6-7-9-13)10-11-17(14-3,15-4)16-5;3-1(4,5)14(10,11)9-15(12,13)2(6,7)8/h12H,6-11H2,1-5H3;/q+1;-1. The number of hydrogen-bond acceptors (Lipinski definition) is 7. The van der Waals surface area contributed by atoms with E-state index in [0.717, 1.165) is 16.7 Å². The summed E-state index contributed by atoms with van der Waals surface area (Å²) in [6, 6.07) is 1.59. The van der Waals surface area contributed by atoms with Gasteiger partial charge < -0.3 is 21.9 Å². The zero-order valence-electron chi connectivity index (χ0n) is 18.2. The van der Waals surface area contributed by atoms with Crippen molar-refractivity contribution in [1.82, 2.24) is 0 Å². The van der Waals surface area contributed by atoms with Gasteiger partial charge in [-0.1, -0.05) is 0 Å². The van der Waals surface area contributed by atoms with E-state index in [1.165, 1.54) is 30.4 Å². The number of halogens is 6. The van der Waals surface area contributed by atoms with Gasteiger partial charge in [0.1, 0.15) is 0 Å². The predicted molar refractivity (Wildman–Crippen MR) is 104 cm³/mol. The molecular formula is C14H28F6N2O7S2Si. The minimum atomic E-state index is -6.72. The summed E-state index contributed by atoms with van der Waals surface area (Å²) < 4.78 is 127. The van der Waals surface area contributed by atoms with Gasteiger partial charge in [0.05, 0.1) is 31.7 Å². The first-order valence-corrected chi connectivity index (χ1v) is 13.9. The summed E-state index contributed by atoms with van der Waals surface area (Å²) in [4.78, 5) is 0. The fourth-order valence-electron chi connectivity index (χ4n) is 3.09. The topological polar surface area (TPSA) is 110 Å². The molecule has 32 heavy (non-hydrogen) atoms. The first-order chi connectivity index (χ1) is 14.2. The molecule has 0 unspecified atom stereocenters. The van der Waals surface area contributed by atoms with Crippen LogP contribution in [0.25, 0.3) is 4.13 Å². The fourth-order valence-corrected chi connectivity index (χ4v) is 6.63. The van der Waals surface area contributed by atoms with E-state index in [0.29, 0.717) is 6.04 Å². The van der Waals surface area contributed by atoms with Gasteiger partial charge in [-0.15, -0.1) is 0 Å². The smallest absolute Gasteiger partial charge is 0.421 e. The molecule has 0 radical (unpaired) electrons. The molecule has 1 fully saturated rings. The van der Waals surface area contributed by atoms with Gasteiger partial charge in [-0.3, -0.25) is 0 Å². The molecule has 194 valence electrons. The maximum Gasteiger partial charge on any atom is 0.505 e. The Morgan fingerprint density at radius 3 is 1.44 bits per heavy atom. The molecule has 0 aromatic heterocycles. The van der Waals surface area contributed by atoms with Gasteiger partial charge >= 0.3 is 19.8 Å². The Balaban J connectivity index is 0.000000607. The second-order valence-electron chi connectivity index (χ2n) is 7.15. The highest BCUT2D eigenvalue weighted by Gasteiger charge is 2.47. The number of likely N-dealkylation sites (tertiary alicyclic amines) is 1. The largest absolute Gasteiger partial charge is 0.505 e. The van der Waals surface area contributed by atoms with Crippen molar-refractivity contribution in [3.05, 3.63) is 4.13 Å². The zero-order chi connectivity index (χ0) is 25.6. The van der Waals surface area contributed by atoms with Crippen molar-refractivity contribution in [2.75, 3.05) is 41.0 Å². The van der Waals surface area contributed by atoms with Crippen LogP contribution < -0.4 is 0 Å². The van der Waals surface area contributed by atoms with Crippen molar-refractivity contribution < 1.29 is 60.9 Å². The number of hydrogen-bond donors (Lipinski definition) is 0. The molecule has 9 nitrogen and oxygen atoms in total. The Bertz CT molecular complexity index is 743. The molecule has 0 aliphatic carbocycles. The van der Waals surface area contributed by atoms with Gasteiger partial charge in [0, 0.05) is 34.2 Å². The van der Waals surface area contributed by atoms with Crippen LogP contribution in [0.5, 0.6) is 0 Å². The van der Waals surface area contributed by atoms with Crippen molar-refractivity contribution in [3.63, 3.8) is 0 Å². The molecule has 1 heterocycles. The molecule has 0 aromatic carbocycles. The molecule has 0 N–H and O–H groups in total. The van der Waals surface area contributed by atoms with E-state index in [1.807, 2.05) is 0 Å². The van der Waals surface area contributed by atoms with Crippen LogP contribution in [-0.2, 0) is 33.3 Å². The van der Waals surface area contributed by atoms with Crippen LogP contribution in [0.2, 0.25) is 6.04 Å². The summed E-state index contributed by atoms with van der Waals surface area (Å²) in [7, 11) is -10.7. The van der Waals surface area contributed by atoms with Crippen LogP contribution in [0.3, 0.4) is 0 Å². The second kappa shape index (κ2) is 11.3. The number of quaternary nitrogens is 1. The van der Waals surface area contributed by atoms with Crippen molar-refractivity contribution in [3.8, 4) is 0 Å². The molecule has 18 heteroatoms.